The van der Waals surface area contributed by atoms with Crippen molar-refractivity contribution in [3.8, 4) is 0 Å². The van der Waals surface area contributed by atoms with Gasteiger partial charge in [-0.05, 0) is 82.0 Å². The molecule has 0 aromatic carbocycles. The van der Waals surface area contributed by atoms with E-state index in [4.69, 9.17) is 25.7 Å². The summed E-state index contributed by atoms with van der Waals surface area (Å²) in [6.45, 7) is 28.1. The van der Waals surface area contributed by atoms with Crippen LogP contribution in [0.3, 0.4) is 0 Å². The quantitative estimate of drug-likeness (QED) is 0.197. The minimum Gasteiger partial charge on any atom is -0.469 e. The molecular weight excluding hydrogens is 480 g/mol. The highest BCUT2D eigenvalue weighted by molar-refractivity contribution is 5.78. The molecule has 7 nitrogen and oxygen atoms in total. The number of nitrogens with two attached hydrogens (primary N) is 2. The molecule has 0 bridgehead atoms. The van der Waals surface area contributed by atoms with Gasteiger partial charge in [0, 0.05) is 11.1 Å². The minimum atomic E-state index is -0.981. The molecule has 3 atom stereocenters. The Morgan fingerprint density at radius 2 is 1.34 bits per heavy atom. The molecule has 1 aliphatic heterocycles. The second-order valence-corrected chi connectivity index (χ2v) is 15.9. The van der Waals surface area contributed by atoms with E-state index in [0.29, 0.717) is 19.4 Å². The number of rotatable bonds is 15. The SMILES string of the molecule is COC(=O)C(CC(C)(C)C(C)(C)CCC(C)(C)N)C(C)(C)C(C)(C)CC(C)(C(=O)OCC1CO1)C(C)(C)N. The van der Waals surface area contributed by atoms with Crippen LogP contribution in [0.15, 0.2) is 0 Å². The molecule has 1 heterocycles. The van der Waals surface area contributed by atoms with E-state index in [1.807, 2.05) is 20.8 Å². The molecule has 4 N–H and O–H groups in total. The molecule has 3 unspecified atom stereocenters. The lowest BCUT2D eigenvalue weighted by molar-refractivity contribution is -0.167. The highest BCUT2D eigenvalue weighted by Crippen LogP contribution is 2.57. The van der Waals surface area contributed by atoms with Crippen molar-refractivity contribution in [2.24, 2.45) is 44.5 Å². The number of esters is 2. The van der Waals surface area contributed by atoms with Crippen molar-refractivity contribution >= 4 is 11.9 Å². The summed E-state index contributed by atoms with van der Waals surface area (Å²) in [7, 11) is 1.46. The maximum atomic E-state index is 13.5. The van der Waals surface area contributed by atoms with Crippen LogP contribution in [0.5, 0.6) is 0 Å². The van der Waals surface area contributed by atoms with Gasteiger partial charge in [0.25, 0.3) is 0 Å². The first-order valence-electron chi connectivity index (χ1n) is 14.2. The fourth-order valence-corrected chi connectivity index (χ4v) is 5.17. The first-order valence-corrected chi connectivity index (χ1v) is 14.2. The second kappa shape index (κ2) is 11.4. The topological polar surface area (TPSA) is 117 Å². The molecule has 1 saturated heterocycles. The fourth-order valence-electron chi connectivity index (χ4n) is 5.17. The van der Waals surface area contributed by atoms with Crippen LogP contribution >= 0.6 is 0 Å². The summed E-state index contributed by atoms with van der Waals surface area (Å²) in [4.78, 5) is 26.9. The van der Waals surface area contributed by atoms with Crippen molar-refractivity contribution in [3.63, 3.8) is 0 Å². The predicted molar refractivity (Wildman–Crippen MR) is 154 cm³/mol. The summed E-state index contributed by atoms with van der Waals surface area (Å²) in [6.07, 6.45) is 2.89. The van der Waals surface area contributed by atoms with E-state index in [1.54, 1.807) is 0 Å². The zero-order valence-corrected chi connectivity index (χ0v) is 27.1. The van der Waals surface area contributed by atoms with Crippen LogP contribution in [0, 0.1) is 33.0 Å². The normalized spacial score (nSPS) is 19.9. The monoisotopic (exact) mass is 540 g/mol. The number of carbonyl (C=O) groups excluding carboxylic acids is 2. The van der Waals surface area contributed by atoms with Gasteiger partial charge in [-0.25, -0.2) is 0 Å². The number of hydrogen-bond donors (Lipinski definition) is 2. The molecule has 38 heavy (non-hydrogen) atoms. The Balaban J connectivity index is 3.37. The van der Waals surface area contributed by atoms with Gasteiger partial charge in [0.15, 0.2) is 0 Å². The summed E-state index contributed by atoms with van der Waals surface area (Å²) in [6, 6.07) is 0. The van der Waals surface area contributed by atoms with E-state index < -0.39 is 27.7 Å². The van der Waals surface area contributed by atoms with Crippen molar-refractivity contribution in [1.82, 2.24) is 0 Å². The lowest BCUT2D eigenvalue weighted by atomic mass is 9.51. The van der Waals surface area contributed by atoms with Crippen LogP contribution in [0.1, 0.15) is 116 Å². The van der Waals surface area contributed by atoms with Crippen LogP contribution < -0.4 is 11.5 Å². The van der Waals surface area contributed by atoms with Gasteiger partial charge in [-0.15, -0.1) is 0 Å². The standard InChI is InChI=1S/C31H60N2O5/c1-25(2,15-16-28(7,8)32)26(3,4)17-22(23(34)36-14)29(9,10)27(5,6)20-31(13,30(11,12)33)24(35)38-19-21-18-37-21/h21-22H,15-20,32-33H2,1-14H3. The number of epoxide rings is 1. The van der Waals surface area contributed by atoms with Crippen LogP contribution in [0.4, 0.5) is 0 Å². The molecule has 0 radical (unpaired) electrons. The minimum absolute atomic E-state index is 0.0207. The predicted octanol–water partition coefficient (Wildman–Crippen LogP) is 5.86. The molecule has 0 spiro atoms. The van der Waals surface area contributed by atoms with Crippen molar-refractivity contribution < 1.29 is 23.8 Å². The molecule has 1 fully saturated rings. The van der Waals surface area contributed by atoms with E-state index in [9.17, 15) is 9.59 Å². The Labute approximate surface area is 233 Å². The van der Waals surface area contributed by atoms with E-state index in [1.165, 1.54) is 7.11 Å². The van der Waals surface area contributed by atoms with Crippen LogP contribution in [-0.2, 0) is 23.8 Å². The lowest BCUT2D eigenvalue weighted by Gasteiger charge is -2.54. The third-order valence-electron chi connectivity index (χ3n) is 10.5. The van der Waals surface area contributed by atoms with Crippen molar-refractivity contribution in [2.45, 2.75) is 133 Å². The molecule has 0 aromatic rings. The molecule has 1 rings (SSSR count). The van der Waals surface area contributed by atoms with E-state index in [2.05, 4.69) is 69.2 Å². The molecule has 0 amide bonds. The summed E-state index contributed by atoms with van der Waals surface area (Å²) in [5, 5.41) is 0. The molecule has 1 aliphatic rings. The second-order valence-electron chi connectivity index (χ2n) is 15.9. The van der Waals surface area contributed by atoms with Crippen LogP contribution in [0.2, 0.25) is 0 Å². The molecule has 0 saturated carbocycles. The van der Waals surface area contributed by atoms with Crippen molar-refractivity contribution in [2.75, 3.05) is 20.3 Å². The summed E-state index contributed by atoms with van der Waals surface area (Å²) in [5.74, 6) is -0.957. The molecule has 224 valence electrons. The molecule has 0 aliphatic carbocycles. The highest BCUT2D eigenvalue weighted by atomic mass is 16.6. The first kappa shape index (κ1) is 34.8. The van der Waals surface area contributed by atoms with Crippen LogP contribution in [-0.4, -0.2) is 49.4 Å². The lowest BCUT2D eigenvalue weighted by Crippen LogP contribution is -2.58. The third-order valence-corrected chi connectivity index (χ3v) is 10.5. The maximum Gasteiger partial charge on any atom is 0.313 e. The van der Waals surface area contributed by atoms with Gasteiger partial charge in [0.2, 0.25) is 0 Å². The van der Waals surface area contributed by atoms with E-state index in [0.717, 1.165) is 12.8 Å². The zero-order valence-electron chi connectivity index (χ0n) is 27.1. The summed E-state index contributed by atoms with van der Waals surface area (Å²) < 4.78 is 16.3. The highest BCUT2D eigenvalue weighted by Gasteiger charge is 2.56. The Morgan fingerprint density at radius 1 is 0.842 bits per heavy atom. The zero-order chi connectivity index (χ0) is 30.2. The molecule has 0 aromatic heterocycles. The third kappa shape index (κ3) is 8.17. The van der Waals surface area contributed by atoms with Gasteiger partial charge in [-0.3, -0.25) is 9.59 Å². The average molecular weight is 541 g/mol. The first-order chi connectivity index (χ1) is 16.7. The van der Waals surface area contributed by atoms with Gasteiger partial charge in [-0.2, -0.15) is 0 Å². The van der Waals surface area contributed by atoms with Gasteiger partial charge < -0.3 is 25.7 Å². The number of carbonyl (C=O) groups is 2. The van der Waals surface area contributed by atoms with Gasteiger partial charge in [0.05, 0.1) is 25.0 Å². The van der Waals surface area contributed by atoms with Crippen molar-refractivity contribution in [3.05, 3.63) is 0 Å². The van der Waals surface area contributed by atoms with Crippen LogP contribution in [0.25, 0.3) is 0 Å². The fraction of sp³-hybridized carbons (Fsp3) is 0.935. The van der Waals surface area contributed by atoms with Gasteiger partial charge in [-0.1, -0.05) is 55.4 Å². The Hall–Kier alpha value is -1.18. The number of methoxy groups -OCH3 is 1. The molecular formula is C31H60N2O5. The summed E-state index contributed by atoms with van der Waals surface area (Å²) in [5.41, 5.74) is 9.60. The van der Waals surface area contributed by atoms with E-state index in [-0.39, 0.29) is 41.0 Å². The Kier molecular flexibility index (Phi) is 10.4. The molecule has 7 heteroatoms. The number of ether oxygens (including phenoxy) is 3. The van der Waals surface area contributed by atoms with E-state index >= 15 is 0 Å². The Bertz CT molecular complexity index is 828. The van der Waals surface area contributed by atoms with Gasteiger partial charge in [0.1, 0.15) is 12.7 Å². The van der Waals surface area contributed by atoms with Crippen molar-refractivity contribution in [1.29, 1.82) is 0 Å². The largest absolute Gasteiger partial charge is 0.469 e. The van der Waals surface area contributed by atoms with Gasteiger partial charge >= 0.3 is 11.9 Å². The Morgan fingerprint density at radius 3 is 1.74 bits per heavy atom. The maximum absolute atomic E-state index is 13.5. The smallest absolute Gasteiger partial charge is 0.313 e. The number of hydrogen-bond acceptors (Lipinski definition) is 7. The average Bonchev–Trinajstić information content (AvgIpc) is 3.56. The summed E-state index contributed by atoms with van der Waals surface area (Å²) >= 11 is 0.